The Kier molecular flexibility index (Phi) is 3.01. The summed E-state index contributed by atoms with van der Waals surface area (Å²) in [6.07, 6.45) is 10.6. The van der Waals surface area contributed by atoms with Gasteiger partial charge in [0.15, 0.2) is 0 Å². The van der Waals surface area contributed by atoms with Crippen molar-refractivity contribution < 1.29 is 4.79 Å². The van der Waals surface area contributed by atoms with Crippen LogP contribution in [0.4, 0.5) is 0 Å². The van der Waals surface area contributed by atoms with Crippen molar-refractivity contribution in [1.82, 2.24) is 5.32 Å². The molecule has 118 valence electrons. The molecule has 0 radical (unpaired) electrons. The molecule has 4 atom stereocenters. The minimum Gasteiger partial charge on any atom is -0.351 e. The summed E-state index contributed by atoms with van der Waals surface area (Å²) in [5.74, 6) is 1.11. The second kappa shape index (κ2) is 4.40. The SMILES string of the molecule is CC12CC3CC(C)(C1)CC(C(=O)NC1CCCC1Cl)(C3)C2. The zero-order valence-electron chi connectivity index (χ0n) is 13.4. The highest BCUT2D eigenvalue weighted by Gasteiger charge is 2.62. The Morgan fingerprint density at radius 3 is 2.24 bits per heavy atom. The van der Waals surface area contributed by atoms with Crippen molar-refractivity contribution in [2.75, 3.05) is 0 Å². The van der Waals surface area contributed by atoms with Crippen LogP contribution in [0.5, 0.6) is 0 Å². The van der Waals surface area contributed by atoms with Gasteiger partial charge in [-0.3, -0.25) is 4.79 Å². The van der Waals surface area contributed by atoms with E-state index in [1.807, 2.05) is 0 Å². The second-order valence-corrected chi connectivity index (χ2v) is 10.00. The largest absolute Gasteiger partial charge is 0.351 e. The molecule has 3 heteroatoms. The van der Waals surface area contributed by atoms with Gasteiger partial charge in [0.1, 0.15) is 0 Å². The van der Waals surface area contributed by atoms with E-state index in [1.165, 1.54) is 19.3 Å². The topological polar surface area (TPSA) is 29.1 Å². The third kappa shape index (κ3) is 2.24. The lowest BCUT2D eigenvalue weighted by Gasteiger charge is -2.64. The van der Waals surface area contributed by atoms with Gasteiger partial charge in [0, 0.05) is 6.04 Å². The Hall–Kier alpha value is -0.240. The van der Waals surface area contributed by atoms with Crippen molar-refractivity contribution in [1.29, 1.82) is 0 Å². The van der Waals surface area contributed by atoms with E-state index in [0.29, 0.717) is 16.7 Å². The summed E-state index contributed by atoms with van der Waals surface area (Å²) in [5, 5.41) is 3.50. The van der Waals surface area contributed by atoms with Crippen LogP contribution in [0.1, 0.15) is 71.6 Å². The summed E-state index contributed by atoms with van der Waals surface area (Å²) in [7, 11) is 0. The average molecular weight is 310 g/mol. The Balaban J connectivity index is 1.57. The van der Waals surface area contributed by atoms with Crippen LogP contribution in [0.3, 0.4) is 0 Å². The van der Waals surface area contributed by atoms with E-state index >= 15 is 0 Å². The van der Waals surface area contributed by atoms with Crippen molar-refractivity contribution in [3.8, 4) is 0 Å². The van der Waals surface area contributed by atoms with Crippen LogP contribution in [-0.2, 0) is 4.79 Å². The zero-order chi connectivity index (χ0) is 14.9. The van der Waals surface area contributed by atoms with Crippen molar-refractivity contribution >= 4 is 17.5 Å². The number of alkyl halides is 1. The minimum atomic E-state index is -0.0812. The predicted octanol–water partition coefficient (Wildman–Crippen LogP) is 4.26. The van der Waals surface area contributed by atoms with Gasteiger partial charge in [-0.1, -0.05) is 13.8 Å². The standard InChI is InChI=1S/C18H28ClNO/c1-16-6-12-7-17(2,9-16)11-18(8-12,10-16)15(21)20-14-5-3-4-13(14)19/h12-14H,3-11H2,1-2H3,(H,20,21). The zero-order valence-corrected chi connectivity index (χ0v) is 14.1. The van der Waals surface area contributed by atoms with Gasteiger partial charge in [0.25, 0.3) is 0 Å². The number of halogens is 1. The van der Waals surface area contributed by atoms with Gasteiger partial charge in [-0.25, -0.2) is 0 Å². The molecule has 0 aromatic rings. The van der Waals surface area contributed by atoms with E-state index in [1.54, 1.807) is 0 Å². The van der Waals surface area contributed by atoms with Gasteiger partial charge in [-0.05, 0) is 74.5 Å². The molecule has 0 saturated heterocycles. The highest BCUT2D eigenvalue weighted by Crippen LogP contribution is 2.69. The van der Waals surface area contributed by atoms with Gasteiger partial charge in [0.05, 0.1) is 10.8 Å². The quantitative estimate of drug-likeness (QED) is 0.759. The van der Waals surface area contributed by atoms with Crippen molar-refractivity contribution in [3.63, 3.8) is 0 Å². The van der Waals surface area contributed by atoms with Crippen molar-refractivity contribution in [2.24, 2.45) is 22.2 Å². The summed E-state index contributed by atoms with van der Waals surface area (Å²) >= 11 is 6.37. The van der Waals surface area contributed by atoms with Gasteiger partial charge >= 0.3 is 0 Å². The number of nitrogens with one attached hydrogen (secondary N) is 1. The number of carbonyl (C=O) groups excluding carboxylic acids is 1. The van der Waals surface area contributed by atoms with Gasteiger partial charge in [-0.15, -0.1) is 11.6 Å². The molecule has 4 unspecified atom stereocenters. The first kappa shape index (κ1) is 14.4. The van der Waals surface area contributed by atoms with E-state index in [2.05, 4.69) is 19.2 Å². The maximum atomic E-state index is 13.1. The Morgan fingerprint density at radius 2 is 1.71 bits per heavy atom. The summed E-state index contributed by atoms with van der Waals surface area (Å²) in [6.45, 7) is 4.86. The van der Waals surface area contributed by atoms with Crippen molar-refractivity contribution in [3.05, 3.63) is 0 Å². The third-order valence-electron chi connectivity index (χ3n) is 6.86. The molecule has 0 heterocycles. The molecule has 5 saturated carbocycles. The first-order valence-corrected chi connectivity index (χ1v) is 9.20. The molecule has 0 spiro atoms. The third-order valence-corrected chi connectivity index (χ3v) is 7.38. The molecule has 1 N–H and O–H groups in total. The Labute approximate surface area is 133 Å². The number of rotatable bonds is 2. The van der Waals surface area contributed by atoms with Crippen LogP contribution in [0.15, 0.2) is 0 Å². The van der Waals surface area contributed by atoms with E-state index in [0.717, 1.165) is 44.4 Å². The normalized spacial score (nSPS) is 54.9. The van der Waals surface area contributed by atoms with Crippen LogP contribution in [0.2, 0.25) is 0 Å². The maximum Gasteiger partial charge on any atom is 0.226 e. The summed E-state index contributed by atoms with van der Waals surface area (Å²) in [5.41, 5.74) is 0.727. The molecule has 0 aliphatic heterocycles. The highest BCUT2D eigenvalue weighted by molar-refractivity contribution is 6.21. The van der Waals surface area contributed by atoms with E-state index < -0.39 is 0 Å². The van der Waals surface area contributed by atoms with Crippen LogP contribution in [0, 0.1) is 22.2 Å². The fourth-order valence-electron chi connectivity index (χ4n) is 7.10. The number of carbonyl (C=O) groups is 1. The lowest BCUT2D eigenvalue weighted by Crippen LogP contribution is -2.61. The van der Waals surface area contributed by atoms with Crippen molar-refractivity contribution in [2.45, 2.75) is 83.1 Å². The van der Waals surface area contributed by atoms with Crippen LogP contribution < -0.4 is 5.32 Å². The van der Waals surface area contributed by atoms with Gasteiger partial charge in [-0.2, -0.15) is 0 Å². The average Bonchev–Trinajstić information content (AvgIpc) is 2.70. The van der Waals surface area contributed by atoms with Crippen LogP contribution >= 0.6 is 11.6 Å². The first-order valence-electron chi connectivity index (χ1n) is 8.77. The molecule has 5 rings (SSSR count). The maximum absolute atomic E-state index is 13.1. The molecule has 0 aromatic heterocycles. The highest BCUT2D eigenvalue weighted by atomic mass is 35.5. The second-order valence-electron chi connectivity index (χ2n) is 9.44. The molecular weight excluding hydrogens is 282 g/mol. The number of amides is 1. The summed E-state index contributed by atoms with van der Waals surface area (Å²) < 4.78 is 0. The molecule has 5 aliphatic rings. The number of hydrogen-bond donors (Lipinski definition) is 1. The minimum absolute atomic E-state index is 0.0812. The Bertz CT molecular complexity index is 458. The molecule has 0 aromatic carbocycles. The van der Waals surface area contributed by atoms with Crippen LogP contribution in [-0.4, -0.2) is 17.3 Å². The fourth-order valence-corrected chi connectivity index (χ4v) is 7.44. The molecule has 2 nitrogen and oxygen atoms in total. The van der Waals surface area contributed by atoms with E-state index in [4.69, 9.17) is 11.6 Å². The monoisotopic (exact) mass is 309 g/mol. The smallest absolute Gasteiger partial charge is 0.226 e. The van der Waals surface area contributed by atoms with Crippen LogP contribution in [0.25, 0.3) is 0 Å². The molecular formula is C18H28ClNO. The molecule has 5 fully saturated rings. The fraction of sp³-hybridized carbons (Fsp3) is 0.944. The first-order chi connectivity index (χ1) is 9.82. The van der Waals surface area contributed by atoms with E-state index in [9.17, 15) is 4.79 Å². The lowest BCUT2D eigenvalue weighted by atomic mass is 9.40. The van der Waals surface area contributed by atoms with Gasteiger partial charge in [0.2, 0.25) is 5.91 Å². The number of hydrogen-bond acceptors (Lipinski definition) is 1. The molecule has 1 amide bonds. The van der Waals surface area contributed by atoms with E-state index in [-0.39, 0.29) is 16.8 Å². The predicted molar refractivity (Wildman–Crippen MR) is 85.3 cm³/mol. The summed E-state index contributed by atoms with van der Waals surface area (Å²) in [4.78, 5) is 13.1. The molecule has 5 aliphatic carbocycles. The van der Waals surface area contributed by atoms with Gasteiger partial charge < -0.3 is 5.32 Å². The molecule has 4 bridgehead atoms. The Morgan fingerprint density at radius 1 is 1.05 bits per heavy atom. The molecule has 21 heavy (non-hydrogen) atoms. The lowest BCUT2D eigenvalue weighted by molar-refractivity contribution is -0.170. The summed E-state index contributed by atoms with van der Waals surface area (Å²) in [6, 6.07) is 0.216.